The molecule has 1 aromatic heterocycles. The van der Waals surface area contributed by atoms with E-state index in [0.29, 0.717) is 4.77 Å². The maximum absolute atomic E-state index is 5.04. The predicted octanol–water partition coefficient (Wildman–Crippen LogP) is 3.40. The van der Waals surface area contributed by atoms with Crippen LogP contribution < -0.4 is 0 Å². The topological polar surface area (TPSA) is 31.6 Å². The van der Waals surface area contributed by atoms with Crippen LogP contribution in [-0.2, 0) is 5.41 Å². The molecule has 1 aromatic carbocycles. The van der Waals surface area contributed by atoms with Gasteiger partial charge in [0.15, 0.2) is 4.77 Å². The van der Waals surface area contributed by atoms with Gasteiger partial charge in [-0.3, -0.25) is 0 Å². The first kappa shape index (κ1) is 10.2. The van der Waals surface area contributed by atoms with Gasteiger partial charge >= 0.3 is 0 Å². The van der Waals surface area contributed by atoms with E-state index in [1.807, 2.05) is 12.3 Å². The molecule has 0 atom stereocenters. The van der Waals surface area contributed by atoms with Gasteiger partial charge in [0.25, 0.3) is 0 Å². The minimum Gasteiger partial charge on any atom is -0.337 e. The molecule has 0 saturated carbocycles. The maximum atomic E-state index is 5.04. The predicted molar refractivity (Wildman–Crippen MR) is 64.5 cm³/mol. The molecule has 1 heterocycles. The van der Waals surface area contributed by atoms with Crippen LogP contribution in [0, 0.1) is 4.77 Å². The standard InChI is InChI=1S/C12H14N2S/c1-12(2,9-6-4-3-5-7-9)10-8-13-11(15)14-10/h3-8H,1-2H3,(H2,13,14,15). The van der Waals surface area contributed by atoms with Gasteiger partial charge in [0, 0.05) is 17.3 Å². The number of hydrogen-bond acceptors (Lipinski definition) is 1. The van der Waals surface area contributed by atoms with Crippen LogP contribution in [0.15, 0.2) is 36.5 Å². The molecule has 0 unspecified atom stereocenters. The molecule has 78 valence electrons. The summed E-state index contributed by atoms with van der Waals surface area (Å²) in [5, 5.41) is 0. The molecule has 0 aliphatic rings. The highest BCUT2D eigenvalue weighted by Crippen LogP contribution is 2.29. The Morgan fingerprint density at radius 1 is 1.13 bits per heavy atom. The van der Waals surface area contributed by atoms with Gasteiger partial charge in [0.2, 0.25) is 0 Å². The fourth-order valence-corrected chi connectivity index (χ4v) is 1.85. The van der Waals surface area contributed by atoms with Gasteiger partial charge in [0.1, 0.15) is 0 Å². The van der Waals surface area contributed by atoms with Crippen LogP contribution in [0.5, 0.6) is 0 Å². The molecule has 2 aromatic rings. The van der Waals surface area contributed by atoms with Crippen molar-refractivity contribution in [2.24, 2.45) is 0 Å². The molecule has 0 aliphatic heterocycles. The van der Waals surface area contributed by atoms with Crippen LogP contribution in [0.1, 0.15) is 25.1 Å². The monoisotopic (exact) mass is 218 g/mol. The zero-order chi connectivity index (χ0) is 10.9. The summed E-state index contributed by atoms with van der Waals surface area (Å²) in [4.78, 5) is 6.18. The van der Waals surface area contributed by atoms with Gasteiger partial charge in [-0.25, -0.2) is 0 Å². The lowest BCUT2D eigenvalue weighted by Crippen LogP contribution is -2.19. The molecule has 0 bridgehead atoms. The van der Waals surface area contributed by atoms with Gasteiger partial charge in [-0.05, 0) is 17.8 Å². The van der Waals surface area contributed by atoms with Crippen LogP contribution in [0.3, 0.4) is 0 Å². The third-order valence-electron chi connectivity index (χ3n) is 2.76. The maximum Gasteiger partial charge on any atom is 0.174 e. The van der Waals surface area contributed by atoms with Crippen molar-refractivity contribution in [2.45, 2.75) is 19.3 Å². The quantitative estimate of drug-likeness (QED) is 0.744. The molecule has 2 nitrogen and oxygen atoms in total. The normalized spacial score (nSPS) is 11.6. The largest absolute Gasteiger partial charge is 0.337 e. The number of H-pyrrole nitrogens is 2. The molecule has 3 heteroatoms. The van der Waals surface area contributed by atoms with E-state index in [0.717, 1.165) is 5.69 Å². The molecule has 0 spiro atoms. The third-order valence-corrected chi connectivity index (χ3v) is 2.98. The van der Waals surface area contributed by atoms with Crippen LogP contribution in [-0.4, -0.2) is 9.97 Å². The van der Waals surface area contributed by atoms with Crippen molar-refractivity contribution in [3.8, 4) is 0 Å². The number of imidazole rings is 1. The second kappa shape index (κ2) is 3.66. The molecule has 0 saturated heterocycles. The lowest BCUT2D eigenvalue weighted by atomic mass is 9.82. The van der Waals surface area contributed by atoms with Crippen molar-refractivity contribution in [1.82, 2.24) is 9.97 Å². The summed E-state index contributed by atoms with van der Waals surface area (Å²) < 4.78 is 0.675. The molecule has 2 rings (SSSR count). The van der Waals surface area contributed by atoms with E-state index in [2.05, 4.69) is 48.1 Å². The Morgan fingerprint density at radius 3 is 2.33 bits per heavy atom. The average Bonchev–Trinajstić information content (AvgIpc) is 2.67. The highest BCUT2D eigenvalue weighted by molar-refractivity contribution is 7.71. The van der Waals surface area contributed by atoms with Crippen LogP contribution in [0.4, 0.5) is 0 Å². The van der Waals surface area contributed by atoms with Crippen molar-refractivity contribution in [1.29, 1.82) is 0 Å². The number of nitrogens with one attached hydrogen (secondary N) is 2. The summed E-state index contributed by atoms with van der Waals surface area (Å²) in [6.45, 7) is 4.35. The first-order valence-corrected chi connectivity index (χ1v) is 5.35. The minimum absolute atomic E-state index is 0.0468. The zero-order valence-electron chi connectivity index (χ0n) is 8.87. The smallest absolute Gasteiger partial charge is 0.174 e. The Balaban J connectivity index is 2.48. The van der Waals surface area contributed by atoms with E-state index in [9.17, 15) is 0 Å². The summed E-state index contributed by atoms with van der Waals surface area (Å²) in [6.07, 6.45) is 1.94. The number of aromatic amines is 2. The van der Waals surface area contributed by atoms with Crippen molar-refractivity contribution in [3.05, 3.63) is 52.6 Å². The number of aromatic nitrogens is 2. The van der Waals surface area contributed by atoms with E-state index in [-0.39, 0.29) is 5.41 Å². The molecule has 15 heavy (non-hydrogen) atoms. The molecule has 0 amide bonds. The van der Waals surface area contributed by atoms with E-state index in [1.165, 1.54) is 5.56 Å². The van der Waals surface area contributed by atoms with Crippen LogP contribution >= 0.6 is 12.2 Å². The van der Waals surface area contributed by atoms with Gasteiger partial charge in [0.05, 0.1) is 0 Å². The first-order chi connectivity index (χ1) is 7.10. The van der Waals surface area contributed by atoms with Crippen molar-refractivity contribution < 1.29 is 0 Å². The van der Waals surface area contributed by atoms with Crippen LogP contribution in [0.2, 0.25) is 0 Å². The van der Waals surface area contributed by atoms with Gasteiger partial charge in [-0.1, -0.05) is 44.2 Å². The number of hydrogen-bond donors (Lipinski definition) is 2. The highest BCUT2D eigenvalue weighted by atomic mass is 32.1. The minimum atomic E-state index is -0.0468. The summed E-state index contributed by atoms with van der Waals surface area (Å²) in [5.74, 6) is 0. The van der Waals surface area contributed by atoms with Crippen molar-refractivity contribution in [2.75, 3.05) is 0 Å². The van der Waals surface area contributed by atoms with Crippen LogP contribution in [0.25, 0.3) is 0 Å². The van der Waals surface area contributed by atoms with Gasteiger partial charge in [-0.2, -0.15) is 0 Å². The zero-order valence-corrected chi connectivity index (χ0v) is 9.69. The molecular formula is C12H14N2S. The Bertz CT molecular complexity index is 494. The van der Waals surface area contributed by atoms with Gasteiger partial charge < -0.3 is 9.97 Å². The second-order valence-electron chi connectivity index (χ2n) is 4.15. The average molecular weight is 218 g/mol. The summed E-state index contributed by atoms with van der Waals surface area (Å²) in [5.41, 5.74) is 2.34. The number of benzene rings is 1. The summed E-state index contributed by atoms with van der Waals surface area (Å²) >= 11 is 5.04. The van der Waals surface area contributed by atoms with Crippen molar-refractivity contribution >= 4 is 12.2 Å². The fraction of sp³-hybridized carbons (Fsp3) is 0.250. The molecule has 2 N–H and O–H groups in total. The number of rotatable bonds is 2. The Labute approximate surface area is 94.4 Å². The Morgan fingerprint density at radius 2 is 1.80 bits per heavy atom. The lowest BCUT2D eigenvalue weighted by molar-refractivity contribution is 0.620. The van der Waals surface area contributed by atoms with E-state index >= 15 is 0 Å². The van der Waals surface area contributed by atoms with Gasteiger partial charge in [-0.15, -0.1) is 0 Å². The summed E-state index contributed by atoms with van der Waals surface area (Å²) in [7, 11) is 0. The summed E-state index contributed by atoms with van der Waals surface area (Å²) in [6, 6.07) is 10.4. The van der Waals surface area contributed by atoms with Crippen molar-refractivity contribution in [3.63, 3.8) is 0 Å². The molecule has 0 aliphatic carbocycles. The molecular weight excluding hydrogens is 204 g/mol. The SMILES string of the molecule is CC(C)(c1ccccc1)c1c[nH]c(=S)[nH]1. The molecule has 0 radical (unpaired) electrons. The highest BCUT2D eigenvalue weighted by Gasteiger charge is 2.23. The second-order valence-corrected chi connectivity index (χ2v) is 4.56. The Hall–Kier alpha value is -1.35. The first-order valence-electron chi connectivity index (χ1n) is 4.94. The van der Waals surface area contributed by atoms with E-state index in [1.54, 1.807) is 0 Å². The van der Waals surface area contributed by atoms with E-state index < -0.39 is 0 Å². The third kappa shape index (κ3) is 1.88. The fourth-order valence-electron chi connectivity index (χ4n) is 1.68. The van der Waals surface area contributed by atoms with E-state index in [4.69, 9.17) is 12.2 Å². The molecule has 0 fully saturated rings. The Kier molecular flexibility index (Phi) is 2.49. The lowest BCUT2D eigenvalue weighted by Gasteiger charge is -2.23.